The number of hydrogen-bond donors (Lipinski definition) is 1. The van der Waals surface area contributed by atoms with Gasteiger partial charge in [0.1, 0.15) is 17.7 Å². The van der Waals surface area contributed by atoms with Gasteiger partial charge in [0.25, 0.3) is 0 Å². The van der Waals surface area contributed by atoms with Gasteiger partial charge in [0, 0.05) is 30.2 Å². The number of sulfonamides is 1. The van der Waals surface area contributed by atoms with Gasteiger partial charge in [-0.3, -0.25) is 4.98 Å². The van der Waals surface area contributed by atoms with E-state index in [1.165, 1.54) is 10.4 Å². The molecule has 0 bridgehead atoms. The lowest BCUT2D eigenvalue weighted by molar-refractivity contribution is 0.391. The molecular formula is C24H18FN5O2S. The summed E-state index contributed by atoms with van der Waals surface area (Å²) in [6.45, 7) is 0.398. The van der Waals surface area contributed by atoms with Gasteiger partial charge in [-0.25, -0.2) is 17.8 Å². The molecule has 4 aromatic rings. The molecule has 0 fully saturated rings. The summed E-state index contributed by atoms with van der Waals surface area (Å²) >= 11 is 0. The molecule has 1 aliphatic rings. The predicted octanol–water partition coefficient (Wildman–Crippen LogP) is 4.13. The van der Waals surface area contributed by atoms with Crippen LogP contribution in [0.1, 0.15) is 16.7 Å². The molecule has 164 valence electrons. The monoisotopic (exact) mass is 459 g/mol. The summed E-state index contributed by atoms with van der Waals surface area (Å²) in [6.07, 6.45) is 3.83. The SMILES string of the molecule is N#Cc1cc(S(=O)(=O)N2CCc3c(ccnc3Nc3cnc4ccccc4c3)C2)ccc1F. The maximum absolute atomic E-state index is 13.7. The lowest BCUT2D eigenvalue weighted by Gasteiger charge is -2.29. The number of nitrogens with zero attached hydrogens (tertiary/aromatic N) is 4. The quantitative estimate of drug-likeness (QED) is 0.493. The van der Waals surface area contributed by atoms with Crippen LogP contribution in [-0.2, 0) is 23.0 Å². The van der Waals surface area contributed by atoms with E-state index in [-0.39, 0.29) is 23.5 Å². The fourth-order valence-electron chi connectivity index (χ4n) is 3.95. The van der Waals surface area contributed by atoms with E-state index in [2.05, 4.69) is 15.3 Å². The van der Waals surface area contributed by atoms with Gasteiger partial charge in [-0.05, 0) is 48.4 Å². The third-order valence-electron chi connectivity index (χ3n) is 5.66. The Morgan fingerprint density at radius 1 is 1.09 bits per heavy atom. The van der Waals surface area contributed by atoms with Crippen LogP contribution in [0.4, 0.5) is 15.9 Å². The Balaban J connectivity index is 1.42. The summed E-state index contributed by atoms with van der Waals surface area (Å²) in [5.74, 6) is -0.0828. The first-order chi connectivity index (χ1) is 16.0. The second-order valence-corrected chi connectivity index (χ2v) is 9.62. The number of benzene rings is 2. The number of hydrogen-bond acceptors (Lipinski definition) is 6. The van der Waals surface area contributed by atoms with Gasteiger partial charge in [0.2, 0.25) is 10.0 Å². The first-order valence-electron chi connectivity index (χ1n) is 10.2. The minimum Gasteiger partial charge on any atom is -0.339 e. The molecule has 0 atom stereocenters. The van der Waals surface area contributed by atoms with Gasteiger partial charge in [-0.1, -0.05) is 18.2 Å². The Kier molecular flexibility index (Phi) is 5.24. The number of anilines is 2. The molecule has 1 N–H and O–H groups in total. The lowest BCUT2D eigenvalue weighted by atomic mass is 10.0. The number of aromatic nitrogens is 2. The maximum atomic E-state index is 13.7. The molecule has 0 amide bonds. The topological polar surface area (TPSA) is 99.0 Å². The van der Waals surface area contributed by atoms with Crippen molar-refractivity contribution in [2.75, 3.05) is 11.9 Å². The summed E-state index contributed by atoms with van der Waals surface area (Å²) in [4.78, 5) is 8.82. The first kappa shape index (κ1) is 21.0. The molecule has 0 saturated carbocycles. The van der Waals surface area contributed by atoms with Crippen molar-refractivity contribution >= 4 is 32.4 Å². The van der Waals surface area contributed by atoms with Crippen LogP contribution in [0.15, 0.2) is 71.9 Å². The fourth-order valence-corrected chi connectivity index (χ4v) is 5.40. The molecule has 5 rings (SSSR count). The lowest BCUT2D eigenvalue weighted by Crippen LogP contribution is -2.36. The molecule has 7 nitrogen and oxygen atoms in total. The van der Waals surface area contributed by atoms with Gasteiger partial charge < -0.3 is 5.32 Å². The van der Waals surface area contributed by atoms with Gasteiger partial charge in [-0.2, -0.15) is 9.57 Å². The molecule has 3 heterocycles. The molecule has 0 unspecified atom stereocenters. The molecule has 2 aromatic carbocycles. The van der Waals surface area contributed by atoms with Crippen LogP contribution in [0.25, 0.3) is 10.9 Å². The van der Waals surface area contributed by atoms with Crippen LogP contribution >= 0.6 is 0 Å². The van der Waals surface area contributed by atoms with Crippen molar-refractivity contribution in [2.24, 2.45) is 0 Å². The van der Waals surface area contributed by atoms with Crippen molar-refractivity contribution in [3.8, 4) is 6.07 Å². The molecule has 0 spiro atoms. The largest absolute Gasteiger partial charge is 0.339 e. The highest BCUT2D eigenvalue weighted by Crippen LogP contribution is 2.30. The van der Waals surface area contributed by atoms with Crippen LogP contribution in [-0.4, -0.2) is 29.2 Å². The summed E-state index contributed by atoms with van der Waals surface area (Å²) < 4.78 is 41.3. The molecule has 33 heavy (non-hydrogen) atoms. The van der Waals surface area contributed by atoms with Crippen LogP contribution in [0, 0.1) is 17.1 Å². The first-order valence-corrected chi connectivity index (χ1v) is 11.7. The predicted molar refractivity (Wildman–Crippen MR) is 122 cm³/mol. The highest BCUT2D eigenvalue weighted by molar-refractivity contribution is 7.89. The minimum atomic E-state index is -3.89. The standard InChI is InChI=1S/C24H18FN5O2S/c25-22-6-5-20(12-18(22)13-26)33(31,32)30-10-8-21-17(15-30)7-9-27-24(21)29-19-11-16-3-1-2-4-23(16)28-14-19/h1-7,9,11-12,14H,8,10,15H2,(H,27,29). The van der Waals surface area contributed by atoms with E-state index in [1.54, 1.807) is 24.5 Å². The summed E-state index contributed by atoms with van der Waals surface area (Å²) in [6, 6.07) is 16.6. The van der Waals surface area contributed by atoms with Crippen molar-refractivity contribution in [2.45, 2.75) is 17.9 Å². The van der Waals surface area contributed by atoms with Crippen molar-refractivity contribution in [3.05, 3.63) is 89.5 Å². The second-order valence-electron chi connectivity index (χ2n) is 7.68. The molecular weight excluding hydrogens is 441 g/mol. The smallest absolute Gasteiger partial charge is 0.243 e. The van der Waals surface area contributed by atoms with Gasteiger partial charge in [0.05, 0.1) is 27.9 Å². The minimum absolute atomic E-state index is 0.0986. The number of para-hydroxylation sites is 1. The third-order valence-corrected chi connectivity index (χ3v) is 7.50. The highest BCUT2D eigenvalue weighted by Gasteiger charge is 2.30. The van der Waals surface area contributed by atoms with Crippen molar-refractivity contribution < 1.29 is 12.8 Å². The van der Waals surface area contributed by atoms with Crippen LogP contribution in [0.3, 0.4) is 0 Å². The van der Waals surface area contributed by atoms with Gasteiger partial charge in [-0.15, -0.1) is 0 Å². The van der Waals surface area contributed by atoms with Gasteiger partial charge >= 0.3 is 0 Å². The molecule has 0 radical (unpaired) electrons. The maximum Gasteiger partial charge on any atom is 0.243 e. The van der Waals surface area contributed by atoms with E-state index >= 15 is 0 Å². The van der Waals surface area contributed by atoms with E-state index in [0.717, 1.165) is 39.8 Å². The molecule has 0 aliphatic carbocycles. The van der Waals surface area contributed by atoms with Crippen molar-refractivity contribution in [1.29, 1.82) is 5.26 Å². The Morgan fingerprint density at radius 2 is 1.94 bits per heavy atom. The number of pyridine rings is 2. The Hall–Kier alpha value is -3.87. The van der Waals surface area contributed by atoms with Crippen LogP contribution < -0.4 is 5.32 Å². The van der Waals surface area contributed by atoms with Crippen LogP contribution in [0.5, 0.6) is 0 Å². The average Bonchev–Trinajstić information content (AvgIpc) is 2.84. The number of rotatable bonds is 4. The fraction of sp³-hybridized carbons (Fsp3) is 0.125. The normalized spacial score (nSPS) is 13.9. The molecule has 2 aromatic heterocycles. The Morgan fingerprint density at radius 3 is 2.79 bits per heavy atom. The van der Waals surface area contributed by atoms with E-state index < -0.39 is 15.8 Å². The Bertz CT molecular complexity index is 1530. The molecule has 1 aliphatic heterocycles. The zero-order valence-corrected chi connectivity index (χ0v) is 18.2. The summed E-state index contributed by atoms with van der Waals surface area (Å²) in [7, 11) is -3.89. The van der Waals surface area contributed by atoms with E-state index in [4.69, 9.17) is 5.26 Å². The van der Waals surface area contributed by atoms with Crippen molar-refractivity contribution in [3.63, 3.8) is 0 Å². The third kappa shape index (κ3) is 3.91. The molecule has 9 heteroatoms. The van der Waals surface area contributed by atoms with E-state index in [0.29, 0.717) is 12.2 Å². The van der Waals surface area contributed by atoms with E-state index in [9.17, 15) is 12.8 Å². The number of halogens is 1. The van der Waals surface area contributed by atoms with Crippen molar-refractivity contribution in [1.82, 2.24) is 14.3 Å². The average molecular weight is 460 g/mol. The summed E-state index contributed by atoms with van der Waals surface area (Å²) in [5.41, 5.74) is 3.16. The zero-order chi connectivity index (χ0) is 23.0. The van der Waals surface area contributed by atoms with Crippen LogP contribution in [0.2, 0.25) is 0 Å². The summed E-state index contributed by atoms with van der Waals surface area (Å²) in [5, 5.41) is 13.4. The second kappa shape index (κ2) is 8.24. The van der Waals surface area contributed by atoms with Gasteiger partial charge in [0.15, 0.2) is 0 Å². The zero-order valence-electron chi connectivity index (χ0n) is 17.4. The number of nitrogens with one attached hydrogen (secondary N) is 1. The highest BCUT2D eigenvalue weighted by atomic mass is 32.2. The Labute approximate surface area is 190 Å². The number of nitriles is 1. The number of fused-ring (bicyclic) bond motifs is 2. The molecule has 0 saturated heterocycles. The van der Waals surface area contributed by atoms with E-state index in [1.807, 2.05) is 30.3 Å².